The van der Waals surface area contributed by atoms with Gasteiger partial charge in [0.15, 0.2) is 0 Å². The molecule has 0 bridgehead atoms. The van der Waals surface area contributed by atoms with Crippen LogP contribution in [0.25, 0.3) is 5.76 Å². The number of carbonyl (C=O) groups excluding carboxylic acids is 2. The van der Waals surface area contributed by atoms with Crippen LogP contribution in [0.1, 0.15) is 56.0 Å². The van der Waals surface area contributed by atoms with E-state index in [2.05, 4.69) is 18.7 Å². The Labute approximate surface area is 225 Å². The molecule has 1 unspecified atom stereocenters. The highest BCUT2D eigenvalue weighted by Crippen LogP contribution is 2.43. The second-order valence-corrected chi connectivity index (χ2v) is 9.91. The van der Waals surface area contributed by atoms with Gasteiger partial charge >= 0.3 is 0 Å². The van der Waals surface area contributed by atoms with E-state index >= 15 is 0 Å². The topological polar surface area (TPSA) is 70.1 Å². The molecule has 1 aliphatic heterocycles. The summed E-state index contributed by atoms with van der Waals surface area (Å²) in [4.78, 5) is 30.8. The van der Waals surface area contributed by atoms with E-state index in [4.69, 9.17) is 4.74 Å². The number of anilines is 2. The molecule has 3 aromatic rings. The van der Waals surface area contributed by atoms with Crippen LogP contribution in [0.4, 0.5) is 11.4 Å². The monoisotopic (exact) mass is 512 g/mol. The Morgan fingerprint density at radius 1 is 0.947 bits per heavy atom. The number of Topliss-reactive ketones (excluding diaryl/α,β-unsaturated/α-hetero) is 1. The first kappa shape index (κ1) is 27.0. The van der Waals surface area contributed by atoms with Crippen molar-refractivity contribution in [2.24, 2.45) is 0 Å². The number of aryl methyl sites for hydroxylation is 2. The summed E-state index contributed by atoms with van der Waals surface area (Å²) in [6.45, 7) is 13.7. The fraction of sp³-hybridized carbons (Fsp3) is 0.312. The maximum Gasteiger partial charge on any atom is 0.300 e. The second kappa shape index (κ2) is 11.1. The summed E-state index contributed by atoms with van der Waals surface area (Å²) in [6.07, 6.45) is 0.0108. The van der Waals surface area contributed by atoms with Crippen LogP contribution in [0, 0.1) is 13.8 Å². The number of carbonyl (C=O) groups is 2. The Kier molecular flexibility index (Phi) is 7.91. The SMILES string of the molecule is CCN(CC)c1ccc(C2/C(=C(\O)c3ccc(OC(C)C)cc3)C(=O)C(=O)N2c2cc(C)ccc2C)cc1. The Balaban J connectivity index is 1.88. The van der Waals surface area contributed by atoms with Crippen LogP contribution in [-0.2, 0) is 9.59 Å². The van der Waals surface area contributed by atoms with E-state index in [9.17, 15) is 14.7 Å². The first-order valence-electron chi connectivity index (χ1n) is 13.2. The van der Waals surface area contributed by atoms with Gasteiger partial charge in [0.2, 0.25) is 0 Å². The summed E-state index contributed by atoms with van der Waals surface area (Å²) >= 11 is 0. The third-order valence-electron chi connectivity index (χ3n) is 6.91. The van der Waals surface area contributed by atoms with Gasteiger partial charge in [-0.1, -0.05) is 24.3 Å². The largest absolute Gasteiger partial charge is 0.507 e. The molecule has 198 valence electrons. The van der Waals surface area contributed by atoms with Gasteiger partial charge in [-0.05, 0) is 101 Å². The van der Waals surface area contributed by atoms with Crippen LogP contribution in [0.2, 0.25) is 0 Å². The fourth-order valence-electron chi connectivity index (χ4n) is 4.95. The number of benzene rings is 3. The van der Waals surface area contributed by atoms with Gasteiger partial charge in [0.25, 0.3) is 11.7 Å². The lowest BCUT2D eigenvalue weighted by atomic mass is 9.94. The number of ether oxygens (including phenoxy) is 1. The molecule has 1 aliphatic rings. The Hall–Kier alpha value is -4.06. The molecule has 0 aromatic heterocycles. The van der Waals surface area contributed by atoms with Gasteiger partial charge < -0.3 is 14.7 Å². The molecule has 6 nitrogen and oxygen atoms in total. The summed E-state index contributed by atoms with van der Waals surface area (Å²) in [5, 5.41) is 11.5. The summed E-state index contributed by atoms with van der Waals surface area (Å²) in [5.41, 5.74) is 4.84. The molecule has 38 heavy (non-hydrogen) atoms. The number of amides is 1. The number of hydrogen-bond acceptors (Lipinski definition) is 5. The van der Waals surface area contributed by atoms with Crippen molar-refractivity contribution in [2.75, 3.05) is 22.9 Å². The molecule has 3 aromatic carbocycles. The van der Waals surface area contributed by atoms with Gasteiger partial charge in [-0.25, -0.2) is 0 Å². The Morgan fingerprint density at radius 3 is 2.16 bits per heavy atom. The van der Waals surface area contributed by atoms with Crippen molar-refractivity contribution in [3.63, 3.8) is 0 Å². The molecule has 1 saturated heterocycles. The van der Waals surface area contributed by atoms with E-state index < -0.39 is 17.7 Å². The van der Waals surface area contributed by atoms with Crippen molar-refractivity contribution in [3.8, 4) is 5.75 Å². The minimum Gasteiger partial charge on any atom is -0.507 e. The van der Waals surface area contributed by atoms with Gasteiger partial charge in [0, 0.05) is 30.0 Å². The van der Waals surface area contributed by atoms with Crippen LogP contribution in [-0.4, -0.2) is 36.0 Å². The Morgan fingerprint density at radius 2 is 1.58 bits per heavy atom. The molecule has 1 atom stereocenters. The van der Waals surface area contributed by atoms with E-state index in [0.29, 0.717) is 17.0 Å². The highest BCUT2D eigenvalue weighted by atomic mass is 16.5. The molecule has 1 N–H and O–H groups in total. The zero-order valence-electron chi connectivity index (χ0n) is 23.0. The van der Waals surface area contributed by atoms with E-state index in [1.165, 1.54) is 4.90 Å². The zero-order valence-corrected chi connectivity index (χ0v) is 23.0. The van der Waals surface area contributed by atoms with Gasteiger partial charge in [-0.3, -0.25) is 14.5 Å². The number of rotatable bonds is 8. The molecular weight excluding hydrogens is 476 g/mol. The summed E-state index contributed by atoms with van der Waals surface area (Å²) < 4.78 is 5.72. The fourth-order valence-corrected chi connectivity index (χ4v) is 4.95. The molecule has 4 rings (SSSR count). The molecule has 0 saturated carbocycles. The molecule has 6 heteroatoms. The van der Waals surface area contributed by atoms with Crippen molar-refractivity contribution in [3.05, 3.63) is 94.6 Å². The lowest BCUT2D eigenvalue weighted by Crippen LogP contribution is -2.30. The predicted octanol–water partition coefficient (Wildman–Crippen LogP) is 6.56. The van der Waals surface area contributed by atoms with E-state index in [1.807, 2.05) is 70.2 Å². The van der Waals surface area contributed by atoms with Crippen molar-refractivity contribution < 1.29 is 19.4 Å². The van der Waals surface area contributed by atoms with Crippen LogP contribution < -0.4 is 14.5 Å². The van der Waals surface area contributed by atoms with Gasteiger partial charge in [0.1, 0.15) is 11.5 Å². The minimum atomic E-state index is -0.771. The summed E-state index contributed by atoms with van der Waals surface area (Å²) in [5.74, 6) is -0.900. The molecule has 0 radical (unpaired) electrons. The van der Waals surface area contributed by atoms with Gasteiger partial charge in [-0.15, -0.1) is 0 Å². The average Bonchev–Trinajstić information content (AvgIpc) is 3.16. The number of aliphatic hydroxyl groups is 1. The smallest absolute Gasteiger partial charge is 0.300 e. The normalized spacial score (nSPS) is 16.8. The number of hydrogen-bond donors (Lipinski definition) is 1. The third-order valence-corrected chi connectivity index (χ3v) is 6.91. The molecular formula is C32H36N2O4. The highest BCUT2D eigenvalue weighted by molar-refractivity contribution is 6.51. The van der Waals surface area contributed by atoms with Gasteiger partial charge in [0.05, 0.1) is 17.7 Å². The van der Waals surface area contributed by atoms with Crippen molar-refractivity contribution >= 4 is 28.8 Å². The molecule has 1 fully saturated rings. The lowest BCUT2D eigenvalue weighted by Gasteiger charge is -2.28. The van der Waals surface area contributed by atoms with Gasteiger partial charge in [-0.2, -0.15) is 0 Å². The summed E-state index contributed by atoms with van der Waals surface area (Å²) in [6, 6.07) is 19.9. The van der Waals surface area contributed by atoms with Crippen LogP contribution in [0.3, 0.4) is 0 Å². The predicted molar refractivity (Wildman–Crippen MR) is 153 cm³/mol. The standard InChI is InChI=1S/C32H36N2O4/c1-7-33(8-2)25-15-11-23(12-16-25)29-28(30(35)24-13-17-26(18-14-24)38-20(3)4)31(36)32(37)34(29)27-19-21(5)9-10-22(27)6/h9-20,29,35H,7-8H2,1-6H3/b30-28+. The number of nitrogens with zero attached hydrogens (tertiary/aromatic N) is 2. The lowest BCUT2D eigenvalue weighted by molar-refractivity contribution is -0.132. The van der Waals surface area contributed by atoms with Crippen molar-refractivity contribution in [1.82, 2.24) is 0 Å². The van der Waals surface area contributed by atoms with Crippen molar-refractivity contribution in [1.29, 1.82) is 0 Å². The molecule has 0 spiro atoms. The molecule has 1 heterocycles. The maximum absolute atomic E-state index is 13.5. The maximum atomic E-state index is 13.5. The van der Waals surface area contributed by atoms with E-state index in [1.54, 1.807) is 24.3 Å². The van der Waals surface area contributed by atoms with Crippen molar-refractivity contribution in [2.45, 2.75) is 53.7 Å². The minimum absolute atomic E-state index is 0.0108. The Bertz CT molecular complexity index is 1350. The van der Waals surface area contributed by atoms with E-state index in [0.717, 1.165) is 35.5 Å². The quantitative estimate of drug-likeness (QED) is 0.210. The van der Waals surface area contributed by atoms with Crippen LogP contribution in [0.5, 0.6) is 5.75 Å². The highest BCUT2D eigenvalue weighted by Gasteiger charge is 2.47. The third kappa shape index (κ3) is 5.17. The summed E-state index contributed by atoms with van der Waals surface area (Å²) in [7, 11) is 0. The second-order valence-electron chi connectivity index (χ2n) is 9.91. The average molecular weight is 513 g/mol. The molecule has 1 amide bonds. The first-order valence-corrected chi connectivity index (χ1v) is 13.2. The number of aliphatic hydroxyl groups excluding tert-OH is 1. The number of ketones is 1. The van der Waals surface area contributed by atoms with E-state index in [-0.39, 0.29) is 17.4 Å². The first-order chi connectivity index (χ1) is 18.2. The van der Waals surface area contributed by atoms with Crippen LogP contribution >= 0.6 is 0 Å². The van der Waals surface area contributed by atoms with Crippen LogP contribution in [0.15, 0.2) is 72.3 Å². The zero-order chi connectivity index (χ0) is 27.6. The molecule has 0 aliphatic carbocycles.